The summed E-state index contributed by atoms with van der Waals surface area (Å²) in [5.41, 5.74) is 1.74. The Morgan fingerprint density at radius 3 is 2.71 bits per heavy atom. The Morgan fingerprint density at radius 2 is 2.00 bits per heavy atom. The Balaban J connectivity index is 2.11. The molecule has 1 amide bonds. The molecule has 122 valence electrons. The molecule has 2 aromatic carbocycles. The highest BCUT2D eigenvalue weighted by atomic mass is 35.5. The number of aldehydes is 1. The van der Waals surface area contributed by atoms with E-state index in [-0.39, 0.29) is 0 Å². The van der Waals surface area contributed by atoms with Gasteiger partial charge in [-0.15, -0.1) is 0 Å². The molecule has 0 radical (unpaired) electrons. The van der Waals surface area contributed by atoms with Crippen molar-refractivity contribution in [3.05, 3.63) is 69.7 Å². The summed E-state index contributed by atoms with van der Waals surface area (Å²) in [5.74, 6) is 0. The van der Waals surface area contributed by atoms with Gasteiger partial charge in [0.15, 0.2) is 6.29 Å². The monoisotopic (exact) mass is 361 g/mol. The molecule has 0 unspecified atom stereocenters. The summed E-state index contributed by atoms with van der Waals surface area (Å²) < 4.78 is 0. The second kappa shape index (κ2) is 6.30. The molecular weight excluding hydrogens is 349 g/mol. The predicted molar refractivity (Wildman–Crippen MR) is 93.6 cm³/mol. The Labute approximate surface area is 148 Å². The van der Waals surface area contributed by atoms with Crippen molar-refractivity contribution in [1.29, 1.82) is 0 Å². The lowest BCUT2D eigenvalue weighted by atomic mass is 9.81. The van der Waals surface area contributed by atoms with Crippen molar-refractivity contribution in [3.8, 4) is 11.1 Å². The molecular formula is C18H13Cl2NO3. The molecule has 2 N–H and O–H groups in total. The van der Waals surface area contributed by atoms with Gasteiger partial charge >= 0.3 is 6.09 Å². The van der Waals surface area contributed by atoms with E-state index in [1.165, 1.54) is 0 Å². The molecule has 1 aliphatic rings. The first kappa shape index (κ1) is 16.6. The Morgan fingerprint density at radius 1 is 1.21 bits per heavy atom. The largest absolute Gasteiger partial charge is 0.465 e. The van der Waals surface area contributed by atoms with Crippen LogP contribution in [0.15, 0.2) is 48.6 Å². The van der Waals surface area contributed by atoms with E-state index >= 15 is 0 Å². The minimum atomic E-state index is -1.37. The van der Waals surface area contributed by atoms with Crippen LogP contribution in [0, 0.1) is 0 Å². The summed E-state index contributed by atoms with van der Waals surface area (Å²) in [7, 11) is 0. The van der Waals surface area contributed by atoms with Gasteiger partial charge in [-0.05, 0) is 41.3 Å². The van der Waals surface area contributed by atoms with E-state index in [0.29, 0.717) is 28.3 Å². The zero-order valence-corrected chi connectivity index (χ0v) is 13.9. The van der Waals surface area contributed by atoms with Gasteiger partial charge in [0.1, 0.15) is 5.54 Å². The highest BCUT2D eigenvalue weighted by molar-refractivity contribution is 6.35. The van der Waals surface area contributed by atoms with Crippen LogP contribution in [-0.4, -0.2) is 17.5 Å². The number of allylic oxidation sites excluding steroid dienone is 1. The highest BCUT2D eigenvalue weighted by Gasteiger charge is 2.35. The Bertz CT molecular complexity index is 863. The zero-order chi connectivity index (χ0) is 17.3. The molecule has 0 aliphatic heterocycles. The van der Waals surface area contributed by atoms with Gasteiger partial charge in [0.2, 0.25) is 0 Å². The molecule has 2 aromatic rings. The number of halogens is 2. The van der Waals surface area contributed by atoms with Gasteiger partial charge < -0.3 is 10.4 Å². The standard InChI is InChI=1S/C18H13Cl2NO3/c19-13-4-6-16(20)14(9-13)11-3-5-15-12(8-11)2-1-7-18(15,10-22)21-17(23)24/h1,3-10,21H,2H2,(H,23,24)/t18-/m1/s1. The molecule has 0 heterocycles. The van der Waals surface area contributed by atoms with Gasteiger partial charge in [-0.2, -0.15) is 0 Å². The van der Waals surface area contributed by atoms with Crippen LogP contribution in [0.5, 0.6) is 0 Å². The van der Waals surface area contributed by atoms with E-state index in [2.05, 4.69) is 5.32 Å². The van der Waals surface area contributed by atoms with Crippen molar-refractivity contribution in [2.24, 2.45) is 0 Å². The summed E-state index contributed by atoms with van der Waals surface area (Å²) in [5, 5.41) is 12.5. The zero-order valence-electron chi connectivity index (χ0n) is 12.4. The number of carboxylic acid groups (broad SMARTS) is 1. The van der Waals surface area contributed by atoms with Crippen LogP contribution in [0.3, 0.4) is 0 Å². The average molecular weight is 362 g/mol. The quantitative estimate of drug-likeness (QED) is 0.627. The predicted octanol–water partition coefficient (Wildman–Crippen LogP) is 4.43. The normalized spacial score (nSPS) is 18.8. The number of hydrogen-bond donors (Lipinski definition) is 2. The smallest absolute Gasteiger partial charge is 0.405 e. The summed E-state index contributed by atoms with van der Waals surface area (Å²) in [6, 6.07) is 10.7. The Hall–Kier alpha value is -2.30. The second-order valence-corrected chi connectivity index (χ2v) is 6.36. The number of benzene rings is 2. The molecule has 0 fully saturated rings. The number of rotatable bonds is 3. The highest BCUT2D eigenvalue weighted by Crippen LogP contribution is 2.36. The summed E-state index contributed by atoms with van der Waals surface area (Å²) in [6.07, 6.45) is 3.28. The number of nitrogens with one attached hydrogen (secondary N) is 1. The molecule has 1 aliphatic carbocycles. The van der Waals surface area contributed by atoms with Crippen molar-refractivity contribution in [3.63, 3.8) is 0 Å². The fourth-order valence-electron chi connectivity index (χ4n) is 2.93. The maximum absolute atomic E-state index is 11.6. The van der Waals surface area contributed by atoms with Crippen LogP contribution in [0.4, 0.5) is 4.79 Å². The lowest BCUT2D eigenvalue weighted by Crippen LogP contribution is -2.46. The second-order valence-electron chi connectivity index (χ2n) is 5.52. The lowest BCUT2D eigenvalue weighted by Gasteiger charge is -2.30. The van der Waals surface area contributed by atoms with Gasteiger partial charge in [0, 0.05) is 15.6 Å². The van der Waals surface area contributed by atoms with Gasteiger partial charge in [0.05, 0.1) is 0 Å². The molecule has 0 saturated heterocycles. The SMILES string of the molecule is O=C[C@]1(NC(=O)O)C=CCc2cc(-c3cc(Cl)ccc3Cl)ccc21. The fourth-order valence-corrected chi connectivity index (χ4v) is 3.33. The van der Waals surface area contributed by atoms with Crippen molar-refractivity contribution >= 4 is 35.6 Å². The molecule has 6 heteroatoms. The molecule has 4 nitrogen and oxygen atoms in total. The molecule has 0 saturated carbocycles. The molecule has 0 bridgehead atoms. The summed E-state index contributed by atoms with van der Waals surface area (Å²) in [4.78, 5) is 22.7. The van der Waals surface area contributed by atoms with Crippen LogP contribution < -0.4 is 5.32 Å². The topological polar surface area (TPSA) is 66.4 Å². The lowest BCUT2D eigenvalue weighted by molar-refractivity contribution is -0.112. The van der Waals surface area contributed by atoms with E-state index in [1.54, 1.807) is 42.5 Å². The number of carbonyl (C=O) groups excluding carboxylic acids is 1. The first-order valence-electron chi connectivity index (χ1n) is 7.19. The maximum atomic E-state index is 11.6. The number of hydrogen-bond acceptors (Lipinski definition) is 2. The molecule has 3 rings (SSSR count). The van der Waals surface area contributed by atoms with Gasteiger partial charge in [-0.1, -0.05) is 53.6 Å². The summed E-state index contributed by atoms with van der Waals surface area (Å²) in [6.45, 7) is 0. The third-order valence-electron chi connectivity index (χ3n) is 4.01. The third-order valence-corrected chi connectivity index (χ3v) is 4.57. The van der Waals surface area contributed by atoms with E-state index in [4.69, 9.17) is 28.3 Å². The number of carbonyl (C=O) groups is 2. The van der Waals surface area contributed by atoms with Crippen LogP contribution >= 0.6 is 23.2 Å². The third kappa shape index (κ3) is 2.90. The first-order valence-corrected chi connectivity index (χ1v) is 7.95. The van der Waals surface area contributed by atoms with Crippen molar-refractivity contribution in [1.82, 2.24) is 5.32 Å². The van der Waals surface area contributed by atoms with Crippen LogP contribution in [0.25, 0.3) is 11.1 Å². The van der Waals surface area contributed by atoms with Crippen molar-refractivity contribution in [2.75, 3.05) is 0 Å². The van der Waals surface area contributed by atoms with Gasteiger partial charge in [-0.25, -0.2) is 4.79 Å². The maximum Gasteiger partial charge on any atom is 0.405 e. The van der Waals surface area contributed by atoms with Crippen LogP contribution in [0.1, 0.15) is 11.1 Å². The Kier molecular flexibility index (Phi) is 4.35. The van der Waals surface area contributed by atoms with E-state index in [0.717, 1.165) is 16.7 Å². The number of fused-ring (bicyclic) bond motifs is 1. The van der Waals surface area contributed by atoms with E-state index in [9.17, 15) is 9.59 Å². The molecule has 24 heavy (non-hydrogen) atoms. The van der Waals surface area contributed by atoms with E-state index in [1.807, 2.05) is 6.07 Å². The average Bonchev–Trinajstić information content (AvgIpc) is 2.56. The number of amides is 1. The summed E-state index contributed by atoms with van der Waals surface area (Å²) >= 11 is 12.3. The molecule has 0 spiro atoms. The van der Waals surface area contributed by atoms with Crippen molar-refractivity contribution < 1.29 is 14.7 Å². The van der Waals surface area contributed by atoms with E-state index < -0.39 is 11.6 Å². The minimum absolute atomic E-state index is 0.566. The van der Waals surface area contributed by atoms with Crippen LogP contribution in [-0.2, 0) is 16.8 Å². The molecule has 0 aromatic heterocycles. The van der Waals surface area contributed by atoms with Gasteiger partial charge in [-0.3, -0.25) is 4.79 Å². The first-order chi connectivity index (χ1) is 11.4. The van der Waals surface area contributed by atoms with Crippen molar-refractivity contribution in [2.45, 2.75) is 12.0 Å². The van der Waals surface area contributed by atoms with Gasteiger partial charge in [0.25, 0.3) is 0 Å². The minimum Gasteiger partial charge on any atom is -0.465 e. The molecule has 1 atom stereocenters. The van der Waals surface area contributed by atoms with Crippen LogP contribution in [0.2, 0.25) is 10.0 Å². The fraction of sp³-hybridized carbons (Fsp3) is 0.111.